The van der Waals surface area contributed by atoms with E-state index < -0.39 is 0 Å². The molecule has 1 aliphatic heterocycles. The first-order chi connectivity index (χ1) is 15.1. The van der Waals surface area contributed by atoms with E-state index in [0.717, 1.165) is 22.0 Å². The number of imide groups is 1. The van der Waals surface area contributed by atoms with Gasteiger partial charge in [0.25, 0.3) is 11.8 Å². The SMILES string of the molecule is Cc1cccc(NC2=C(c3ccccc3)C(=O)N(c3cccc4ccccc34)C2=O)c1. The van der Waals surface area contributed by atoms with Gasteiger partial charge in [0.05, 0.1) is 11.3 Å². The molecule has 1 aliphatic rings. The van der Waals surface area contributed by atoms with Gasteiger partial charge in [0, 0.05) is 11.1 Å². The van der Waals surface area contributed by atoms with Crippen LogP contribution in [0, 0.1) is 6.92 Å². The van der Waals surface area contributed by atoms with Crippen LogP contribution in [0.25, 0.3) is 16.3 Å². The summed E-state index contributed by atoms with van der Waals surface area (Å²) in [5, 5.41) is 5.06. The number of carbonyl (C=O) groups is 2. The normalized spacial score (nSPS) is 13.9. The maximum absolute atomic E-state index is 13.6. The van der Waals surface area contributed by atoms with E-state index in [1.807, 2.05) is 104 Å². The van der Waals surface area contributed by atoms with Crippen molar-refractivity contribution in [3.63, 3.8) is 0 Å². The lowest BCUT2D eigenvalue weighted by molar-refractivity contribution is -0.120. The van der Waals surface area contributed by atoms with Gasteiger partial charge in [-0.3, -0.25) is 9.59 Å². The van der Waals surface area contributed by atoms with Crippen LogP contribution in [-0.4, -0.2) is 11.8 Å². The number of aryl methyl sites for hydroxylation is 1. The Morgan fingerprint density at radius 2 is 1.42 bits per heavy atom. The molecule has 5 rings (SSSR count). The zero-order valence-corrected chi connectivity index (χ0v) is 17.0. The van der Waals surface area contributed by atoms with Crippen molar-refractivity contribution in [1.82, 2.24) is 0 Å². The number of hydrogen-bond donors (Lipinski definition) is 1. The highest BCUT2D eigenvalue weighted by Crippen LogP contribution is 2.36. The van der Waals surface area contributed by atoms with Crippen molar-refractivity contribution in [2.75, 3.05) is 10.2 Å². The van der Waals surface area contributed by atoms with Crippen molar-refractivity contribution in [2.24, 2.45) is 0 Å². The zero-order valence-electron chi connectivity index (χ0n) is 17.0. The molecule has 0 saturated heterocycles. The number of fused-ring (bicyclic) bond motifs is 1. The number of anilines is 2. The first kappa shape index (κ1) is 18.8. The Kier molecular flexibility index (Phi) is 4.60. The summed E-state index contributed by atoms with van der Waals surface area (Å²) in [6, 6.07) is 30.5. The molecule has 0 spiro atoms. The van der Waals surface area contributed by atoms with Crippen LogP contribution >= 0.6 is 0 Å². The Morgan fingerprint density at radius 1 is 0.710 bits per heavy atom. The number of benzene rings is 4. The van der Waals surface area contributed by atoms with Crippen molar-refractivity contribution in [3.8, 4) is 0 Å². The fourth-order valence-corrected chi connectivity index (χ4v) is 4.01. The fourth-order valence-electron chi connectivity index (χ4n) is 4.01. The molecule has 0 unspecified atom stereocenters. The van der Waals surface area contributed by atoms with Gasteiger partial charge in [-0.05, 0) is 41.6 Å². The molecule has 4 aromatic carbocycles. The molecule has 31 heavy (non-hydrogen) atoms. The lowest BCUT2D eigenvalue weighted by Gasteiger charge is -2.18. The third-order valence-electron chi connectivity index (χ3n) is 5.44. The highest BCUT2D eigenvalue weighted by atomic mass is 16.2. The summed E-state index contributed by atoms with van der Waals surface area (Å²) in [6.07, 6.45) is 0. The van der Waals surface area contributed by atoms with Gasteiger partial charge in [-0.15, -0.1) is 0 Å². The molecule has 4 aromatic rings. The predicted octanol–water partition coefficient (Wildman–Crippen LogP) is 5.54. The number of carbonyl (C=O) groups excluding carboxylic acids is 2. The van der Waals surface area contributed by atoms with Gasteiger partial charge >= 0.3 is 0 Å². The smallest absolute Gasteiger partial charge is 0.282 e. The highest BCUT2D eigenvalue weighted by Gasteiger charge is 2.40. The summed E-state index contributed by atoms with van der Waals surface area (Å²) >= 11 is 0. The van der Waals surface area contributed by atoms with Gasteiger partial charge in [-0.2, -0.15) is 0 Å². The zero-order chi connectivity index (χ0) is 21.4. The summed E-state index contributed by atoms with van der Waals surface area (Å²) in [6.45, 7) is 1.99. The number of nitrogens with one attached hydrogen (secondary N) is 1. The number of nitrogens with zero attached hydrogens (tertiary/aromatic N) is 1. The quantitative estimate of drug-likeness (QED) is 0.454. The number of hydrogen-bond acceptors (Lipinski definition) is 3. The van der Waals surface area contributed by atoms with Crippen LogP contribution in [-0.2, 0) is 9.59 Å². The Balaban J connectivity index is 1.66. The molecule has 1 heterocycles. The van der Waals surface area contributed by atoms with Crippen LogP contribution in [0.4, 0.5) is 11.4 Å². The van der Waals surface area contributed by atoms with Crippen molar-refractivity contribution in [1.29, 1.82) is 0 Å². The van der Waals surface area contributed by atoms with Crippen LogP contribution in [0.3, 0.4) is 0 Å². The molecule has 0 radical (unpaired) electrons. The third kappa shape index (κ3) is 3.28. The van der Waals surface area contributed by atoms with Gasteiger partial charge in [0.2, 0.25) is 0 Å². The standard InChI is InChI=1S/C27H20N2O2/c1-18-9-7-14-21(17-18)28-25-24(20-11-3-2-4-12-20)26(30)29(27(25)31)23-16-8-13-19-10-5-6-15-22(19)23/h2-17,28H,1H3. The Bertz CT molecular complexity index is 1350. The van der Waals surface area contributed by atoms with Crippen LogP contribution in [0.5, 0.6) is 0 Å². The molecular formula is C27H20N2O2. The average molecular weight is 404 g/mol. The highest BCUT2D eigenvalue weighted by molar-refractivity contribution is 6.47. The molecule has 0 saturated carbocycles. The van der Waals surface area contributed by atoms with Crippen LogP contribution in [0.1, 0.15) is 11.1 Å². The Labute approximate surface area is 180 Å². The molecule has 1 N–H and O–H groups in total. The van der Waals surface area contributed by atoms with Gasteiger partial charge < -0.3 is 5.32 Å². The summed E-state index contributed by atoms with van der Waals surface area (Å²) in [4.78, 5) is 28.5. The molecular weight excluding hydrogens is 384 g/mol. The molecule has 2 amide bonds. The van der Waals surface area contributed by atoms with E-state index in [-0.39, 0.29) is 17.5 Å². The average Bonchev–Trinajstić information content (AvgIpc) is 3.03. The lowest BCUT2D eigenvalue weighted by Crippen LogP contribution is -2.32. The molecule has 4 heteroatoms. The first-order valence-electron chi connectivity index (χ1n) is 10.1. The van der Waals surface area contributed by atoms with Gasteiger partial charge in [-0.1, -0.05) is 78.9 Å². The topological polar surface area (TPSA) is 49.4 Å². The van der Waals surface area contributed by atoms with E-state index >= 15 is 0 Å². The number of amides is 2. The summed E-state index contributed by atoms with van der Waals surface area (Å²) in [5.74, 6) is -0.690. The summed E-state index contributed by atoms with van der Waals surface area (Å²) in [5.41, 5.74) is 3.79. The Morgan fingerprint density at radius 3 is 2.23 bits per heavy atom. The van der Waals surface area contributed by atoms with E-state index in [9.17, 15) is 9.59 Å². The van der Waals surface area contributed by atoms with E-state index in [4.69, 9.17) is 0 Å². The summed E-state index contributed by atoms with van der Waals surface area (Å²) in [7, 11) is 0. The van der Waals surface area contributed by atoms with E-state index in [1.54, 1.807) is 0 Å². The molecule has 150 valence electrons. The minimum atomic E-state index is -0.360. The van der Waals surface area contributed by atoms with Crippen molar-refractivity contribution < 1.29 is 9.59 Å². The van der Waals surface area contributed by atoms with Crippen molar-refractivity contribution in [3.05, 3.63) is 114 Å². The largest absolute Gasteiger partial charge is 0.350 e. The second-order valence-electron chi connectivity index (χ2n) is 7.55. The molecule has 4 nitrogen and oxygen atoms in total. The molecule has 0 fully saturated rings. The molecule has 0 bridgehead atoms. The maximum Gasteiger partial charge on any atom is 0.282 e. The van der Waals surface area contributed by atoms with E-state index in [1.165, 1.54) is 4.90 Å². The number of rotatable bonds is 4. The predicted molar refractivity (Wildman–Crippen MR) is 125 cm³/mol. The van der Waals surface area contributed by atoms with Crippen molar-refractivity contribution in [2.45, 2.75) is 6.92 Å². The van der Waals surface area contributed by atoms with Crippen LogP contribution < -0.4 is 10.2 Å². The van der Waals surface area contributed by atoms with Crippen molar-refractivity contribution >= 4 is 39.5 Å². The Hall–Kier alpha value is -4.18. The molecule has 0 atom stereocenters. The van der Waals surface area contributed by atoms with Gasteiger partial charge in [-0.25, -0.2) is 4.90 Å². The van der Waals surface area contributed by atoms with E-state index in [2.05, 4.69) is 5.32 Å². The second-order valence-corrected chi connectivity index (χ2v) is 7.55. The minimum absolute atomic E-state index is 0.287. The third-order valence-corrected chi connectivity index (χ3v) is 5.44. The van der Waals surface area contributed by atoms with Gasteiger partial charge in [0.1, 0.15) is 5.70 Å². The second kappa shape index (κ2) is 7.58. The molecule has 0 aromatic heterocycles. The minimum Gasteiger partial charge on any atom is -0.350 e. The van der Waals surface area contributed by atoms with Gasteiger partial charge in [0.15, 0.2) is 0 Å². The van der Waals surface area contributed by atoms with Crippen LogP contribution in [0.2, 0.25) is 0 Å². The van der Waals surface area contributed by atoms with E-state index in [0.29, 0.717) is 16.8 Å². The maximum atomic E-state index is 13.6. The first-order valence-corrected chi connectivity index (χ1v) is 10.1. The fraction of sp³-hybridized carbons (Fsp3) is 0.0370. The molecule has 0 aliphatic carbocycles. The van der Waals surface area contributed by atoms with Crippen LogP contribution in [0.15, 0.2) is 103 Å². The lowest BCUT2D eigenvalue weighted by atomic mass is 10.0. The summed E-state index contributed by atoms with van der Waals surface area (Å²) < 4.78 is 0. The monoisotopic (exact) mass is 404 g/mol.